The number of hydrogen-bond donors (Lipinski definition) is 1. The maximum absolute atomic E-state index is 3.79. The van der Waals surface area contributed by atoms with Crippen molar-refractivity contribution in [1.29, 1.82) is 0 Å². The molecule has 0 amide bonds. The lowest BCUT2D eigenvalue weighted by Crippen LogP contribution is -2.34. The number of hydrogen-bond acceptors (Lipinski definition) is 1. The summed E-state index contributed by atoms with van der Waals surface area (Å²) in [5.74, 6) is 0.803. The lowest BCUT2D eigenvalue weighted by atomic mass is 9.80. The van der Waals surface area contributed by atoms with E-state index in [9.17, 15) is 0 Å². The van der Waals surface area contributed by atoms with Crippen molar-refractivity contribution in [2.75, 3.05) is 6.54 Å². The van der Waals surface area contributed by atoms with Crippen LogP contribution in [0.4, 0.5) is 0 Å². The predicted octanol–water partition coefficient (Wildman–Crippen LogP) is 5.32. The Bertz CT molecular complexity index is 272. The van der Waals surface area contributed by atoms with Crippen LogP contribution >= 0.6 is 0 Å². The fourth-order valence-electron chi connectivity index (χ4n) is 3.39. The van der Waals surface area contributed by atoms with Gasteiger partial charge in [0.15, 0.2) is 0 Å². The summed E-state index contributed by atoms with van der Waals surface area (Å²) in [5.41, 5.74) is 2.15. The summed E-state index contributed by atoms with van der Waals surface area (Å²) in [4.78, 5) is 0. The van der Waals surface area contributed by atoms with Gasteiger partial charge in [-0.3, -0.25) is 0 Å². The van der Waals surface area contributed by atoms with Crippen molar-refractivity contribution in [2.45, 2.75) is 85.6 Å². The quantitative estimate of drug-likeness (QED) is 0.614. The largest absolute Gasteiger partial charge is 0.310 e. The Morgan fingerprint density at radius 1 is 1.26 bits per heavy atom. The molecule has 1 aliphatic rings. The van der Waals surface area contributed by atoms with Crippen molar-refractivity contribution < 1.29 is 0 Å². The van der Waals surface area contributed by atoms with Crippen LogP contribution in [0, 0.1) is 11.3 Å². The minimum atomic E-state index is 0.454. The average molecular weight is 265 g/mol. The Morgan fingerprint density at radius 2 is 2.00 bits per heavy atom. The molecule has 1 aliphatic carbocycles. The van der Waals surface area contributed by atoms with E-state index in [0.717, 1.165) is 12.5 Å². The zero-order valence-corrected chi connectivity index (χ0v) is 13.9. The molecule has 1 N–H and O–H groups in total. The van der Waals surface area contributed by atoms with E-state index in [2.05, 4.69) is 46.0 Å². The molecule has 1 nitrogen and oxygen atoms in total. The first kappa shape index (κ1) is 16.8. The molecular formula is C18H35N. The van der Waals surface area contributed by atoms with Gasteiger partial charge in [-0.05, 0) is 62.8 Å². The van der Waals surface area contributed by atoms with Crippen LogP contribution in [0.25, 0.3) is 0 Å². The first-order valence-corrected chi connectivity index (χ1v) is 8.34. The summed E-state index contributed by atoms with van der Waals surface area (Å²) in [6, 6.07) is 0.637. The van der Waals surface area contributed by atoms with E-state index in [0.29, 0.717) is 11.5 Å². The van der Waals surface area contributed by atoms with Crippen molar-refractivity contribution in [1.82, 2.24) is 5.32 Å². The van der Waals surface area contributed by atoms with E-state index in [1.165, 1.54) is 44.9 Å². The second-order valence-corrected chi connectivity index (χ2v) is 7.64. The molecule has 0 bridgehead atoms. The zero-order chi connectivity index (χ0) is 14.3. The molecule has 2 atom stereocenters. The van der Waals surface area contributed by atoms with Gasteiger partial charge >= 0.3 is 0 Å². The van der Waals surface area contributed by atoms with Crippen LogP contribution < -0.4 is 5.32 Å². The monoisotopic (exact) mass is 265 g/mol. The highest BCUT2D eigenvalue weighted by Gasteiger charge is 2.21. The normalized spacial score (nSPS) is 19.9. The summed E-state index contributed by atoms with van der Waals surface area (Å²) in [6.07, 6.45) is 11.8. The van der Waals surface area contributed by atoms with Crippen molar-refractivity contribution in [2.24, 2.45) is 11.3 Å². The average Bonchev–Trinajstić information content (AvgIpc) is 2.33. The predicted molar refractivity (Wildman–Crippen MR) is 86.5 cm³/mol. The van der Waals surface area contributed by atoms with Gasteiger partial charge in [0.05, 0.1) is 0 Å². The molecule has 0 fully saturated rings. The van der Waals surface area contributed by atoms with Crippen LogP contribution in [-0.2, 0) is 0 Å². The summed E-state index contributed by atoms with van der Waals surface area (Å²) in [7, 11) is 0. The molecule has 0 aromatic rings. The summed E-state index contributed by atoms with van der Waals surface area (Å²) < 4.78 is 0. The smallest absolute Gasteiger partial charge is 0.0281 e. The molecule has 1 rings (SSSR count). The van der Waals surface area contributed by atoms with Crippen molar-refractivity contribution in [3.05, 3.63) is 11.6 Å². The molecule has 0 spiro atoms. The first-order chi connectivity index (χ1) is 8.92. The third kappa shape index (κ3) is 7.15. The Balaban J connectivity index is 2.55. The summed E-state index contributed by atoms with van der Waals surface area (Å²) >= 11 is 0. The molecule has 0 heterocycles. The van der Waals surface area contributed by atoms with Crippen molar-refractivity contribution in [3.8, 4) is 0 Å². The SMILES string of the molecule is CCCNC(CC(C)CC(C)(C)C)C1=CCCCC1. The van der Waals surface area contributed by atoms with Gasteiger partial charge in [0, 0.05) is 6.04 Å². The van der Waals surface area contributed by atoms with Gasteiger partial charge in [-0.15, -0.1) is 0 Å². The molecule has 2 unspecified atom stereocenters. The minimum absolute atomic E-state index is 0.454. The standard InChI is InChI=1S/C18H35N/c1-6-12-19-17(16-10-8-7-9-11-16)13-15(2)14-18(3,4)5/h10,15,17,19H,6-9,11-14H2,1-5H3. The fraction of sp³-hybridized carbons (Fsp3) is 0.889. The second kappa shape index (κ2) is 8.09. The molecule has 0 aromatic carbocycles. The highest BCUT2D eigenvalue weighted by atomic mass is 14.9. The molecular weight excluding hydrogens is 230 g/mol. The van der Waals surface area contributed by atoms with Crippen LogP contribution in [0.2, 0.25) is 0 Å². The van der Waals surface area contributed by atoms with E-state index >= 15 is 0 Å². The van der Waals surface area contributed by atoms with E-state index in [4.69, 9.17) is 0 Å². The third-order valence-corrected chi connectivity index (χ3v) is 4.01. The van der Waals surface area contributed by atoms with Crippen molar-refractivity contribution >= 4 is 0 Å². The maximum atomic E-state index is 3.79. The highest BCUT2D eigenvalue weighted by Crippen LogP contribution is 2.30. The number of nitrogens with one attached hydrogen (secondary N) is 1. The maximum Gasteiger partial charge on any atom is 0.0281 e. The highest BCUT2D eigenvalue weighted by molar-refractivity contribution is 5.13. The van der Waals surface area contributed by atoms with Gasteiger partial charge in [0.1, 0.15) is 0 Å². The van der Waals surface area contributed by atoms with Gasteiger partial charge in [0.25, 0.3) is 0 Å². The lowest BCUT2D eigenvalue weighted by molar-refractivity contribution is 0.280. The Morgan fingerprint density at radius 3 is 2.53 bits per heavy atom. The van der Waals surface area contributed by atoms with Gasteiger partial charge in [0.2, 0.25) is 0 Å². The van der Waals surface area contributed by atoms with E-state index in [1.54, 1.807) is 5.57 Å². The molecule has 1 heteroatoms. The van der Waals surface area contributed by atoms with E-state index in [-0.39, 0.29) is 0 Å². The van der Waals surface area contributed by atoms with Gasteiger partial charge < -0.3 is 5.32 Å². The van der Waals surface area contributed by atoms with E-state index < -0.39 is 0 Å². The summed E-state index contributed by atoms with van der Waals surface area (Å²) in [6.45, 7) is 12.9. The van der Waals surface area contributed by atoms with Gasteiger partial charge in [-0.25, -0.2) is 0 Å². The van der Waals surface area contributed by atoms with Crippen LogP contribution in [0.1, 0.15) is 79.6 Å². The Hall–Kier alpha value is -0.300. The zero-order valence-electron chi connectivity index (χ0n) is 13.9. The molecule has 0 saturated heterocycles. The number of allylic oxidation sites excluding steroid dienone is 1. The molecule has 19 heavy (non-hydrogen) atoms. The third-order valence-electron chi connectivity index (χ3n) is 4.01. The van der Waals surface area contributed by atoms with Crippen LogP contribution in [0.5, 0.6) is 0 Å². The topological polar surface area (TPSA) is 12.0 Å². The van der Waals surface area contributed by atoms with Crippen molar-refractivity contribution in [3.63, 3.8) is 0 Å². The minimum Gasteiger partial charge on any atom is -0.310 e. The second-order valence-electron chi connectivity index (χ2n) is 7.64. The Labute approximate surface area is 121 Å². The first-order valence-electron chi connectivity index (χ1n) is 8.34. The Kier molecular flexibility index (Phi) is 7.13. The van der Waals surface area contributed by atoms with Crippen LogP contribution in [-0.4, -0.2) is 12.6 Å². The molecule has 112 valence electrons. The molecule has 0 saturated carbocycles. The fourth-order valence-corrected chi connectivity index (χ4v) is 3.39. The van der Waals surface area contributed by atoms with Crippen LogP contribution in [0.15, 0.2) is 11.6 Å². The molecule has 0 aliphatic heterocycles. The van der Waals surface area contributed by atoms with Crippen LogP contribution in [0.3, 0.4) is 0 Å². The van der Waals surface area contributed by atoms with E-state index in [1.807, 2.05) is 0 Å². The summed E-state index contributed by atoms with van der Waals surface area (Å²) in [5, 5.41) is 3.79. The van der Waals surface area contributed by atoms with Gasteiger partial charge in [-0.2, -0.15) is 0 Å². The lowest BCUT2D eigenvalue weighted by Gasteiger charge is -2.30. The molecule has 0 radical (unpaired) electrons. The molecule has 0 aromatic heterocycles. The van der Waals surface area contributed by atoms with Gasteiger partial charge in [-0.1, -0.05) is 46.3 Å². The number of rotatable bonds is 7.